The number of rotatable bonds is 5. The van der Waals surface area contributed by atoms with Gasteiger partial charge < -0.3 is 10.0 Å². The van der Waals surface area contributed by atoms with E-state index in [0.717, 1.165) is 23.6 Å². The van der Waals surface area contributed by atoms with Gasteiger partial charge >= 0.3 is 0 Å². The van der Waals surface area contributed by atoms with Gasteiger partial charge in [0.1, 0.15) is 0 Å². The summed E-state index contributed by atoms with van der Waals surface area (Å²) < 4.78 is 30.5. The van der Waals surface area contributed by atoms with Crippen LogP contribution in [0.5, 0.6) is 0 Å². The fourth-order valence-corrected chi connectivity index (χ4v) is 4.87. The molecule has 3 nitrogen and oxygen atoms in total. The van der Waals surface area contributed by atoms with E-state index in [0.29, 0.717) is 26.2 Å². The third kappa shape index (κ3) is 4.41. The second-order valence-electron chi connectivity index (χ2n) is 6.70. The Kier molecular flexibility index (Phi) is 4.78. The van der Waals surface area contributed by atoms with Crippen LogP contribution in [-0.4, -0.2) is 60.7 Å². The summed E-state index contributed by atoms with van der Waals surface area (Å²) in [5.74, 6) is 0. The molecule has 142 valence electrons. The van der Waals surface area contributed by atoms with Crippen LogP contribution in [0, 0.1) is 0 Å². The summed E-state index contributed by atoms with van der Waals surface area (Å²) in [7, 11) is 0. The lowest BCUT2D eigenvalue weighted by Crippen LogP contribution is -2.47. The lowest BCUT2D eigenvalue weighted by atomic mass is 9.96. The molecule has 2 aliphatic heterocycles. The first-order valence-corrected chi connectivity index (χ1v) is 10.3. The number of benzene rings is 2. The van der Waals surface area contributed by atoms with Gasteiger partial charge in [0.15, 0.2) is 0 Å². The van der Waals surface area contributed by atoms with E-state index in [4.69, 9.17) is 17.1 Å². The number of fused-ring (bicyclic) bond motifs is 2. The lowest BCUT2D eigenvalue weighted by molar-refractivity contribution is 0.114. The van der Waals surface area contributed by atoms with Crippen molar-refractivity contribution in [2.45, 2.75) is 16.2 Å². The largest absolute Gasteiger partial charge is 0.395 e. The summed E-state index contributed by atoms with van der Waals surface area (Å²) in [5.41, 5.74) is 3.56. The summed E-state index contributed by atoms with van der Waals surface area (Å²) in [6.45, 7) is -2.43. The first kappa shape index (κ1) is 14.7. The molecule has 1 N–H and O–H groups in total. The molecular weight excluding hydrogens is 376 g/mol. The van der Waals surface area contributed by atoms with Gasteiger partial charge in [-0.15, -0.1) is 0 Å². The van der Waals surface area contributed by atoms with Crippen LogP contribution in [0.3, 0.4) is 0 Å². The molecule has 0 spiro atoms. The molecule has 2 heterocycles. The molecule has 1 saturated heterocycles. The zero-order valence-electron chi connectivity index (χ0n) is 19.0. The predicted molar refractivity (Wildman–Crippen MR) is 114 cm³/mol. The molecule has 0 unspecified atom stereocenters. The Morgan fingerprint density at radius 1 is 1.04 bits per heavy atom. The van der Waals surface area contributed by atoms with Crippen molar-refractivity contribution in [3.8, 4) is 0 Å². The molecule has 0 radical (unpaired) electrons. The average molecular weight is 405 g/mol. The molecule has 0 amide bonds. The highest BCUT2D eigenvalue weighted by Gasteiger charge is 2.21. The van der Waals surface area contributed by atoms with Gasteiger partial charge in [0, 0.05) is 56.8 Å². The lowest BCUT2D eigenvalue weighted by Gasteiger charge is -2.34. The summed E-state index contributed by atoms with van der Waals surface area (Å²) >= 11 is 8.04. The number of hydrogen-bond donors (Lipinski definition) is 1. The number of piperazine rings is 1. The van der Waals surface area contributed by atoms with Gasteiger partial charge in [0.25, 0.3) is 0 Å². The summed E-state index contributed by atoms with van der Waals surface area (Å²) in [6, 6.07) is 14.4. The quantitative estimate of drug-likeness (QED) is 0.688. The van der Waals surface area contributed by atoms with Gasteiger partial charge in [0.05, 0.1) is 9.30 Å². The minimum Gasteiger partial charge on any atom is -0.395 e. The Balaban J connectivity index is 1.44. The molecule has 2 aliphatic rings. The summed E-state index contributed by atoms with van der Waals surface area (Å²) in [6.07, 6.45) is 3.10. The van der Waals surface area contributed by atoms with Gasteiger partial charge in [-0.25, -0.2) is 0 Å². The number of halogens is 1. The van der Waals surface area contributed by atoms with Crippen molar-refractivity contribution in [2.75, 3.05) is 45.8 Å². The molecule has 4 rings (SSSR count). The Morgan fingerprint density at radius 3 is 2.59 bits per heavy atom. The smallest absolute Gasteiger partial charge is 0.0577 e. The van der Waals surface area contributed by atoms with Gasteiger partial charge in [-0.2, -0.15) is 0 Å². The average Bonchev–Trinajstić information content (AvgIpc) is 2.73. The highest BCUT2D eigenvalue weighted by atomic mass is 35.5. The molecule has 1 fully saturated rings. The van der Waals surface area contributed by atoms with E-state index in [1.807, 2.05) is 12.1 Å². The fourth-order valence-electron chi connectivity index (χ4n) is 3.61. The maximum Gasteiger partial charge on any atom is 0.0577 e. The monoisotopic (exact) mass is 404 g/mol. The van der Waals surface area contributed by atoms with E-state index in [2.05, 4.69) is 41.3 Å². The summed E-state index contributed by atoms with van der Waals surface area (Å²) in [5, 5.41) is 10.2. The Labute approximate surface area is 176 Å². The number of aliphatic hydroxyl groups is 1. The molecule has 0 bridgehead atoms. The van der Waals surface area contributed by atoms with Gasteiger partial charge in [-0.05, 0) is 47.4 Å². The molecule has 27 heavy (non-hydrogen) atoms. The minimum atomic E-state index is -2.89. The number of β-amino-alcohol motifs (C(OH)–C–C–N with tert-alkyl or cyclic N) is 1. The van der Waals surface area contributed by atoms with Crippen molar-refractivity contribution in [1.29, 1.82) is 0 Å². The first-order chi connectivity index (χ1) is 14.7. The highest BCUT2D eigenvalue weighted by Crippen LogP contribution is 2.46. The van der Waals surface area contributed by atoms with Gasteiger partial charge in [-0.3, -0.25) is 4.90 Å². The molecule has 0 saturated carbocycles. The van der Waals surface area contributed by atoms with Crippen LogP contribution in [0.1, 0.15) is 23.0 Å². The third-order valence-corrected chi connectivity index (χ3v) is 6.39. The molecule has 2 aromatic carbocycles. The van der Waals surface area contributed by atoms with Gasteiger partial charge in [0.2, 0.25) is 0 Å². The zero-order chi connectivity index (χ0) is 22.2. The molecule has 5 heteroatoms. The molecule has 2 aromatic rings. The van der Waals surface area contributed by atoms with Crippen LogP contribution in [0.25, 0.3) is 5.57 Å². The number of nitrogens with zero attached hydrogens (tertiary/aromatic N) is 2. The fraction of sp³-hybridized carbons (Fsp3) is 0.364. The number of hydrogen-bond acceptors (Lipinski definition) is 4. The maximum absolute atomic E-state index is 9.51. The summed E-state index contributed by atoms with van der Waals surface area (Å²) in [4.78, 5) is 6.06. The second kappa shape index (κ2) is 8.80. The highest BCUT2D eigenvalue weighted by molar-refractivity contribution is 7.99. The zero-order valence-corrected chi connectivity index (χ0v) is 16.6. The van der Waals surface area contributed by atoms with Crippen molar-refractivity contribution < 1.29 is 10.6 Å². The van der Waals surface area contributed by atoms with Crippen molar-refractivity contribution >= 4 is 28.9 Å². The van der Waals surface area contributed by atoms with Crippen LogP contribution in [0.2, 0.25) is 5.02 Å². The molecule has 0 aliphatic carbocycles. The first-order valence-electron chi connectivity index (χ1n) is 11.1. The van der Waals surface area contributed by atoms with Crippen molar-refractivity contribution in [1.82, 2.24) is 9.80 Å². The maximum atomic E-state index is 9.51. The third-order valence-electron chi connectivity index (χ3n) is 5.00. The Bertz CT molecular complexity index is 988. The normalized spacial score (nSPS) is 22.4. The van der Waals surface area contributed by atoms with E-state index in [1.165, 1.54) is 25.8 Å². The van der Waals surface area contributed by atoms with E-state index < -0.39 is 13.1 Å². The van der Waals surface area contributed by atoms with E-state index in [9.17, 15) is 5.11 Å². The standard InChI is InChI=1S/C22H25ClN2OS/c23-17-7-8-22-20(16-17)18(19-4-1-2-6-21(19)27-22)5-3-9-24-10-12-25(13-11-24)14-15-26/h1-2,4-8,16,26H,3,9-15H2/b18-5+/i14D2,15D2. The van der Waals surface area contributed by atoms with Crippen LogP contribution in [0.15, 0.2) is 58.3 Å². The van der Waals surface area contributed by atoms with Crippen molar-refractivity contribution in [3.63, 3.8) is 0 Å². The van der Waals surface area contributed by atoms with Crippen LogP contribution in [-0.2, 0) is 0 Å². The van der Waals surface area contributed by atoms with E-state index >= 15 is 0 Å². The van der Waals surface area contributed by atoms with E-state index in [1.54, 1.807) is 11.8 Å². The second-order valence-corrected chi connectivity index (χ2v) is 8.22. The van der Waals surface area contributed by atoms with Crippen LogP contribution in [0.4, 0.5) is 0 Å². The van der Waals surface area contributed by atoms with Gasteiger partial charge in [-0.1, -0.05) is 47.6 Å². The predicted octanol–water partition coefficient (Wildman–Crippen LogP) is 4.24. The van der Waals surface area contributed by atoms with E-state index in [-0.39, 0.29) is 0 Å². The minimum absolute atomic E-state index is 0.377. The van der Waals surface area contributed by atoms with Crippen molar-refractivity contribution in [3.05, 3.63) is 64.7 Å². The van der Waals surface area contributed by atoms with Crippen LogP contribution < -0.4 is 0 Å². The van der Waals surface area contributed by atoms with Crippen molar-refractivity contribution in [2.24, 2.45) is 0 Å². The molecular formula is C22H25ClN2OS. The van der Waals surface area contributed by atoms with Crippen LogP contribution >= 0.6 is 23.4 Å². The molecule has 0 aromatic heterocycles. The Hall–Kier alpha value is -1.30. The molecule has 0 atom stereocenters. The Morgan fingerprint density at radius 2 is 1.78 bits per heavy atom. The SMILES string of the molecule is [2H]C([2H])(O)C([2H])([2H])N1CCN(CC/C=C2\c3ccccc3Sc3ccc(Cl)cc32)CC1. The topological polar surface area (TPSA) is 26.7 Å².